The summed E-state index contributed by atoms with van der Waals surface area (Å²) in [6.45, 7) is 6.27. The number of rotatable bonds is 15. The number of hydrogen-bond donors (Lipinski definition) is 3. The summed E-state index contributed by atoms with van der Waals surface area (Å²) >= 11 is 0. The molecule has 3 N–H and O–H groups in total. The van der Waals surface area contributed by atoms with Gasteiger partial charge < -0.3 is 44.1 Å². The van der Waals surface area contributed by atoms with Crippen molar-refractivity contribution in [2.24, 2.45) is 0 Å². The summed E-state index contributed by atoms with van der Waals surface area (Å²) in [6, 6.07) is 8.31. The van der Waals surface area contributed by atoms with Crippen molar-refractivity contribution in [2.75, 3.05) is 44.2 Å². The normalized spacial score (nSPS) is 14.2. The molecule has 1 aromatic heterocycles. The quantitative estimate of drug-likeness (QED) is 0.171. The minimum absolute atomic E-state index is 0.184. The van der Waals surface area contributed by atoms with Gasteiger partial charge >= 0.3 is 12.1 Å². The number of alkyl carbamates (subject to hydrolysis) is 1. The fraction of sp³-hybridized carbons (Fsp3) is 0.452. The van der Waals surface area contributed by atoms with E-state index in [1.807, 2.05) is 6.07 Å². The molecule has 4 rings (SSSR count). The van der Waals surface area contributed by atoms with Crippen LogP contribution in [0.15, 0.2) is 47.3 Å². The summed E-state index contributed by atoms with van der Waals surface area (Å²) in [5.74, 6) is 1.88. The molecule has 43 heavy (non-hydrogen) atoms. The highest BCUT2D eigenvalue weighted by molar-refractivity contribution is 6.01. The van der Waals surface area contributed by atoms with Crippen molar-refractivity contribution in [3.63, 3.8) is 0 Å². The Morgan fingerprint density at radius 3 is 2.53 bits per heavy atom. The maximum Gasteiger partial charge on any atom is 0.407 e. The van der Waals surface area contributed by atoms with Crippen LogP contribution >= 0.6 is 0 Å². The third kappa shape index (κ3) is 9.27. The van der Waals surface area contributed by atoms with Crippen LogP contribution < -0.4 is 30.2 Å². The Kier molecular flexibility index (Phi) is 11.9. The highest BCUT2D eigenvalue weighted by Gasteiger charge is 2.21. The molecule has 1 saturated heterocycles. The van der Waals surface area contributed by atoms with E-state index >= 15 is 0 Å². The molecule has 0 spiro atoms. The van der Waals surface area contributed by atoms with E-state index in [0.29, 0.717) is 72.8 Å². The van der Waals surface area contributed by atoms with Crippen LogP contribution in [0.2, 0.25) is 0 Å². The zero-order valence-electron chi connectivity index (χ0n) is 24.9. The van der Waals surface area contributed by atoms with Gasteiger partial charge in [0.2, 0.25) is 0 Å². The van der Waals surface area contributed by atoms with Crippen LogP contribution in [0.25, 0.3) is 11.3 Å². The Labute approximate surface area is 251 Å². The fourth-order valence-electron chi connectivity index (χ4n) is 4.38. The number of carbonyl (C=O) groups excluding carboxylic acids is 2. The monoisotopic (exact) mass is 596 g/mol. The molecule has 1 atom stereocenters. The van der Waals surface area contributed by atoms with Gasteiger partial charge in [-0.05, 0) is 42.7 Å². The Balaban J connectivity index is 1.50. The number of benzene rings is 2. The number of ether oxygens (including phenoxy) is 5. The van der Waals surface area contributed by atoms with Gasteiger partial charge in [-0.1, -0.05) is 26.7 Å². The number of anilines is 2. The molecule has 1 aliphatic heterocycles. The Hall–Kier alpha value is -4.45. The van der Waals surface area contributed by atoms with E-state index in [-0.39, 0.29) is 12.6 Å². The average Bonchev–Trinajstić information content (AvgIpc) is 3.72. The van der Waals surface area contributed by atoms with Crippen LogP contribution in [0.3, 0.4) is 0 Å². The number of carbonyl (C=O) groups is 2. The summed E-state index contributed by atoms with van der Waals surface area (Å²) in [4.78, 5) is 29.5. The summed E-state index contributed by atoms with van der Waals surface area (Å²) < 4.78 is 33.8. The number of hydrogen-bond acceptors (Lipinski definition) is 9. The molecule has 3 aromatic rings. The lowest BCUT2D eigenvalue weighted by molar-refractivity contribution is 0.0828. The van der Waals surface area contributed by atoms with Crippen molar-refractivity contribution in [1.29, 1.82) is 0 Å². The van der Waals surface area contributed by atoms with E-state index in [1.165, 1.54) is 13.5 Å². The van der Waals surface area contributed by atoms with Crippen molar-refractivity contribution in [2.45, 2.75) is 58.6 Å². The van der Waals surface area contributed by atoms with E-state index in [0.717, 1.165) is 31.2 Å². The van der Waals surface area contributed by atoms with Gasteiger partial charge in [-0.15, -0.1) is 0 Å². The lowest BCUT2D eigenvalue weighted by Gasteiger charge is -2.18. The minimum atomic E-state index is -0.529. The van der Waals surface area contributed by atoms with E-state index in [9.17, 15) is 9.59 Å². The SMILES string of the molecule is CCCCOc1cc(CNC(=O)O[C@H]2CCOC2)cc(NC(=O)Nc2ccc(-c3cnco3)c(OC)c2OCCCC)c1. The van der Waals surface area contributed by atoms with Crippen molar-refractivity contribution in [3.05, 3.63) is 48.5 Å². The van der Waals surface area contributed by atoms with E-state index in [1.54, 1.807) is 30.5 Å². The van der Waals surface area contributed by atoms with Gasteiger partial charge in [0.05, 0.1) is 51.0 Å². The predicted octanol–water partition coefficient (Wildman–Crippen LogP) is 6.37. The molecule has 1 fully saturated rings. The largest absolute Gasteiger partial charge is 0.494 e. The summed E-state index contributed by atoms with van der Waals surface area (Å²) in [5, 5.41) is 8.50. The molecule has 0 saturated carbocycles. The van der Waals surface area contributed by atoms with E-state index in [4.69, 9.17) is 28.1 Å². The van der Waals surface area contributed by atoms with E-state index in [2.05, 4.69) is 34.8 Å². The first kappa shape index (κ1) is 31.5. The van der Waals surface area contributed by atoms with E-state index < -0.39 is 12.1 Å². The number of methoxy groups -OCH3 is 1. The van der Waals surface area contributed by atoms with Gasteiger partial charge in [0, 0.05) is 24.7 Å². The van der Waals surface area contributed by atoms with Gasteiger partial charge in [-0.2, -0.15) is 0 Å². The van der Waals surface area contributed by atoms with Gasteiger partial charge in [0.1, 0.15) is 11.9 Å². The molecule has 1 aliphatic rings. The Morgan fingerprint density at radius 1 is 1.02 bits per heavy atom. The number of nitrogens with one attached hydrogen (secondary N) is 3. The zero-order chi connectivity index (χ0) is 30.4. The molecular weight excluding hydrogens is 556 g/mol. The number of urea groups is 1. The standard InChI is InChI=1S/C31H40N4O8/c1-4-6-11-40-24-15-21(17-33-31(37)43-23-10-13-39-19-23)14-22(16-24)34-30(36)35-26-9-8-25(27-18-32-20-42-27)28(38-3)29(26)41-12-7-5-2/h8-9,14-16,18,20,23H,4-7,10-13,17,19H2,1-3H3,(H,33,37)(H2,34,35,36)/t23-/m0/s1. The molecule has 12 heteroatoms. The summed E-state index contributed by atoms with van der Waals surface area (Å²) in [5.41, 5.74) is 2.28. The number of unbranched alkanes of at least 4 members (excludes halogenated alkanes) is 2. The topological polar surface area (TPSA) is 142 Å². The molecule has 2 heterocycles. The second-order valence-corrected chi connectivity index (χ2v) is 9.98. The van der Waals surface area contributed by atoms with Gasteiger partial charge in [-0.25, -0.2) is 14.6 Å². The Bertz CT molecular complexity index is 1330. The molecule has 0 unspecified atom stereocenters. The lowest BCUT2D eigenvalue weighted by Crippen LogP contribution is -2.28. The van der Waals surface area contributed by atoms with Gasteiger partial charge in [0.25, 0.3) is 0 Å². The van der Waals surface area contributed by atoms with Crippen LogP contribution in [0.1, 0.15) is 51.5 Å². The molecule has 3 amide bonds. The average molecular weight is 597 g/mol. The smallest absolute Gasteiger partial charge is 0.407 e. The van der Waals surface area contributed by atoms with Crippen molar-refractivity contribution >= 4 is 23.5 Å². The number of aromatic nitrogens is 1. The highest BCUT2D eigenvalue weighted by atomic mass is 16.6. The Morgan fingerprint density at radius 2 is 1.84 bits per heavy atom. The highest BCUT2D eigenvalue weighted by Crippen LogP contribution is 2.43. The van der Waals surface area contributed by atoms with Crippen LogP contribution in [0, 0.1) is 0 Å². The molecule has 0 bridgehead atoms. The summed E-state index contributed by atoms with van der Waals surface area (Å²) in [6.07, 6.45) is 6.45. The molecule has 0 radical (unpaired) electrons. The molecule has 0 aliphatic carbocycles. The van der Waals surface area contributed by atoms with Crippen molar-refractivity contribution in [1.82, 2.24) is 10.3 Å². The van der Waals surface area contributed by atoms with Crippen LogP contribution in [0.4, 0.5) is 21.0 Å². The molecule has 12 nitrogen and oxygen atoms in total. The fourth-order valence-corrected chi connectivity index (χ4v) is 4.38. The molecule has 232 valence electrons. The summed E-state index contributed by atoms with van der Waals surface area (Å²) in [7, 11) is 1.53. The third-order valence-electron chi connectivity index (χ3n) is 6.60. The molecular formula is C31H40N4O8. The van der Waals surface area contributed by atoms with Crippen LogP contribution in [0.5, 0.6) is 17.2 Å². The first-order chi connectivity index (χ1) is 21.0. The molecule has 2 aromatic carbocycles. The number of nitrogens with zero attached hydrogens (tertiary/aromatic N) is 1. The number of oxazole rings is 1. The second-order valence-electron chi connectivity index (χ2n) is 9.98. The maximum absolute atomic E-state index is 13.2. The zero-order valence-corrected chi connectivity index (χ0v) is 24.9. The predicted molar refractivity (Wildman–Crippen MR) is 161 cm³/mol. The van der Waals surface area contributed by atoms with Gasteiger partial charge in [0.15, 0.2) is 23.7 Å². The lowest BCUT2D eigenvalue weighted by atomic mass is 10.1. The van der Waals surface area contributed by atoms with Crippen LogP contribution in [-0.2, 0) is 16.0 Å². The minimum Gasteiger partial charge on any atom is -0.494 e. The second kappa shape index (κ2) is 16.3. The van der Waals surface area contributed by atoms with Gasteiger partial charge in [-0.3, -0.25) is 0 Å². The van der Waals surface area contributed by atoms with Crippen molar-refractivity contribution in [3.8, 4) is 28.6 Å². The van der Waals surface area contributed by atoms with Crippen molar-refractivity contribution < 1.29 is 37.7 Å². The third-order valence-corrected chi connectivity index (χ3v) is 6.60. The first-order valence-corrected chi connectivity index (χ1v) is 14.6. The van der Waals surface area contributed by atoms with Crippen LogP contribution in [-0.4, -0.2) is 56.7 Å². The maximum atomic E-state index is 13.2. The first-order valence-electron chi connectivity index (χ1n) is 14.6. The number of amides is 3.